The number of hydrogen-bond acceptors (Lipinski definition) is 2. The highest BCUT2D eigenvalue weighted by atomic mass is 16.1. The predicted molar refractivity (Wildman–Crippen MR) is 79.6 cm³/mol. The van der Waals surface area contributed by atoms with Crippen LogP contribution in [0.25, 0.3) is 10.8 Å². The van der Waals surface area contributed by atoms with Crippen LogP contribution in [0.2, 0.25) is 0 Å². The lowest BCUT2D eigenvalue weighted by molar-refractivity contribution is -0.681. The molecule has 1 aromatic heterocycles. The Bertz CT molecular complexity index is 848. The summed E-state index contributed by atoms with van der Waals surface area (Å²) in [5.74, 6) is 0.0504. The van der Waals surface area contributed by atoms with E-state index in [4.69, 9.17) is 5.26 Å². The molecule has 3 nitrogen and oxygen atoms in total. The van der Waals surface area contributed by atoms with Crippen LogP contribution in [0, 0.1) is 11.3 Å². The van der Waals surface area contributed by atoms with Gasteiger partial charge in [0.15, 0.2) is 12.4 Å². The Morgan fingerprint density at radius 1 is 1.05 bits per heavy atom. The molecule has 0 fully saturated rings. The van der Waals surface area contributed by atoms with E-state index < -0.39 is 0 Å². The minimum absolute atomic E-state index is 0.0504. The summed E-state index contributed by atoms with van der Waals surface area (Å²) in [6.45, 7) is 0.264. The SMILES string of the molecule is N#Cc1cccc2cc[n+](CC(=O)c3ccccc3)cc12. The molecule has 0 amide bonds. The van der Waals surface area contributed by atoms with E-state index in [1.54, 1.807) is 6.07 Å². The summed E-state index contributed by atoms with van der Waals surface area (Å²) < 4.78 is 1.82. The van der Waals surface area contributed by atoms with E-state index in [1.807, 2.05) is 65.5 Å². The van der Waals surface area contributed by atoms with Crippen molar-refractivity contribution >= 4 is 16.6 Å². The zero-order chi connectivity index (χ0) is 14.7. The highest BCUT2D eigenvalue weighted by Crippen LogP contribution is 2.15. The summed E-state index contributed by atoms with van der Waals surface area (Å²) in [5, 5.41) is 11.0. The maximum Gasteiger partial charge on any atom is 0.227 e. The molecule has 2 aromatic carbocycles. The van der Waals surface area contributed by atoms with Crippen molar-refractivity contribution < 1.29 is 9.36 Å². The zero-order valence-corrected chi connectivity index (χ0v) is 11.4. The molecule has 0 saturated carbocycles. The molecule has 0 aliphatic carbocycles. The van der Waals surface area contributed by atoms with E-state index in [2.05, 4.69) is 6.07 Å². The Kier molecular flexibility index (Phi) is 3.44. The number of Topliss-reactive ketones (excluding diaryl/α,β-unsaturated/α-hetero) is 1. The summed E-state index contributed by atoms with van der Waals surface area (Å²) in [4.78, 5) is 12.2. The van der Waals surface area contributed by atoms with Crippen molar-refractivity contribution in [2.45, 2.75) is 6.54 Å². The van der Waals surface area contributed by atoms with Crippen molar-refractivity contribution in [3.63, 3.8) is 0 Å². The normalized spacial score (nSPS) is 10.2. The van der Waals surface area contributed by atoms with Crippen LogP contribution in [0.15, 0.2) is 67.0 Å². The number of pyridine rings is 1. The van der Waals surface area contributed by atoms with E-state index in [1.165, 1.54) is 0 Å². The molecule has 100 valence electrons. The third kappa shape index (κ3) is 2.65. The standard InChI is InChI=1S/C18H13N2O/c19-11-16-8-4-7-14-9-10-20(12-17(14)16)13-18(21)15-5-2-1-3-6-15/h1-10,12H,13H2/q+1. The minimum atomic E-state index is 0.0504. The van der Waals surface area contributed by atoms with Crippen LogP contribution in [0.1, 0.15) is 15.9 Å². The van der Waals surface area contributed by atoms with Crippen LogP contribution in [-0.2, 0) is 6.54 Å². The van der Waals surface area contributed by atoms with Gasteiger partial charge in [-0.15, -0.1) is 0 Å². The third-order valence-corrected chi connectivity index (χ3v) is 3.42. The average molecular weight is 273 g/mol. The first kappa shape index (κ1) is 13.0. The number of ketones is 1. The number of carbonyl (C=O) groups is 1. The fourth-order valence-electron chi connectivity index (χ4n) is 2.33. The Labute approximate surface area is 122 Å². The fraction of sp³-hybridized carbons (Fsp3) is 0.0556. The van der Waals surface area contributed by atoms with Crippen LogP contribution in [-0.4, -0.2) is 5.78 Å². The quantitative estimate of drug-likeness (QED) is 0.544. The van der Waals surface area contributed by atoms with Gasteiger partial charge in [0.25, 0.3) is 0 Å². The molecule has 0 bridgehead atoms. The molecular formula is C18H13N2O+. The number of aromatic nitrogens is 1. The van der Waals surface area contributed by atoms with Crippen molar-refractivity contribution in [3.05, 3.63) is 78.1 Å². The van der Waals surface area contributed by atoms with E-state index in [-0.39, 0.29) is 12.3 Å². The van der Waals surface area contributed by atoms with Crippen molar-refractivity contribution in [2.75, 3.05) is 0 Å². The fourth-order valence-corrected chi connectivity index (χ4v) is 2.33. The predicted octanol–water partition coefficient (Wildman–Crippen LogP) is 2.88. The molecule has 3 rings (SSSR count). The number of nitrogens with zero attached hydrogens (tertiary/aromatic N) is 2. The second-order valence-electron chi connectivity index (χ2n) is 4.83. The maximum absolute atomic E-state index is 12.2. The number of fused-ring (bicyclic) bond motifs is 1. The summed E-state index contributed by atoms with van der Waals surface area (Å²) in [5.41, 5.74) is 1.31. The molecular weight excluding hydrogens is 260 g/mol. The topological polar surface area (TPSA) is 44.7 Å². The third-order valence-electron chi connectivity index (χ3n) is 3.42. The lowest BCUT2D eigenvalue weighted by Gasteiger charge is -2.01. The second-order valence-corrected chi connectivity index (χ2v) is 4.83. The van der Waals surface area contributed by atoms with Crippen molar-refractivity contribution in [2.24, 2.45) is 0 Å². The number of benzene rings is 2. The zero-order valence-electron chi connectivity index (χ0n) is 11.4. The van der Waals surface area contributed by atoms with Crippen LogP contribution in [0.3, 0.4) is 0 Å². The molecule has 0 aliphatic rings. The van der Waals surface area contributed by atoms with Gasteiger partial charge in [0.05, 0.1) is 10.9 Å². The monoisotopic (exact) mass is 273 g/mol. The molecule has 0 aliphatic heterocycles. The summed E-state index contributed by atoms with van der Waals surface area (Å²) in [6, 6.07) is 18.9. The second kappa shape index (κ2) is 5.56. The first-order valence-electron chi connectivity index (χ1n) is 6.68. The molecule has 0 N–H and O–H groups in total. The van der Waals surface area contributed by atoms with Crippen LogP contribution in [0.4, 0.5) is 0 Å². The molecule has 1 heterocycles. The Morgan fingerprint density at radius 2 is 1.86 bits per heavy atom. The number of carbonyl (C=O) groups excluding carboxylic acids is 1. The highest BCUT2D eigenvalue weighted by Gasteiger charge is 2.13. The van der Waals surface area contributed by atoms with E-state index >= 15 is 0 Å². The van der Waals surface area contributed by atoms with Gasteiger partial charge in [-0.05, 0) is 11.5 Å². The molecule has 0 atom stereocenters. The van der Waals surface area contributed by atoms with Gasteiger partial charge in [0, 0.05) is 11.6 Å². The van der Waals surface area contributed by atoms with Gasteiger partial charge in [-0.25, -0.2) is 0 Å². The van der Waals surface area contributed by atoms with Crippen LogP contribution in [0.5, 0.6) is 0 Å². The van der Waals surface area contributed by atoms with Crippen LogP contribution < -0.4 is 4.57 Å². The molecule has 0 spiro atoms. The minimum Gasteiger partial charge on any atom is -0.287 e. The van der Waals surface area contributed by atoms with Crippen molar-refractivity contribution in [3.8, 4) is 6.07 Å². The van der Waals surface area contributed by atoms with Gasteiger partial charge in [0.2, 0.25) is 12.3 Å². The van der Waals surface area contributed by atoms with Gasteiger partial charge in [-0.3, -0.25) is 4.79 Å². The summed E-state index contributed by atoms with van der Waals surface area (Å²) in [6.07, 6.45) is 3.72. The first-order chi connectivity index (χ1) is 10.3. The van der Waals surface area contributed by atoms with Crippen molar-refractivity contribution in [1.82, 2.24) is 0 Å². The molecule has 0 saturated heterocycles. The highest BCUT2D eigenvalue weighted by molar-refractivity contribution is 5.95. The summed E-state index contributed by atoms with van der Waals surface area (Å²) >= 11 is 0. The smallest absolute Gasteiger partial charge is 0.227 e. The van der Waals surface area contributed by atoms with Gasteiger partial charge in [0.1, 0.15) is 6.07 Å². The Morgan fingerprint density at radius 3 is 2.62 bits per heavy atom. The van der Waals surface area contributed by atoms with Crippen LogP contribution >= 0.6 is 0 Å². The maximum atomic E-state index is 12.2. The van der Waals surface area contributed by atoms with E-state index in [0.717, 1.165) is 10.8 Å². The number of nitriles is 1. The lowest BCUT2D eigenvalue weighted by atomic mass is 10.1. The molecule has 0 unspecified atom stereocenters. The Hall–Kier alpha value is -2.99. The number of hydrogen-bond donors (Lipinski definition) is 0. The number of rotatable bonds is 3. The van der Waals surface area contributed by atoms with Gasteiger partial charge < -0.3 is 0 Å². The summed E-state index contributed by atoms with van der Waals surface area (Å²) in [7, 11) is 0. The van der Waals surface area contributed by atoms with Gasteiger partial charge >= 0.3 is 0 Å². The Balaban J connectivity index is 1.95. The van der Waals surface area contributed by atoms with E-state index in [0.29, 0.717) is 11.1 Å². The lowest BCUT2D eigenvalue weighted by Crippen LogP contribution is -2.37. The largest absolute Gasteiger partial charge is 0.287 e. The van der Waals surface area contributed by atoms with Gasteiger partial charge in [-0.1, -0.05) is 42.5 Å². The molecule has 3 heteroatoms. The molecule has 0 radical (unpaired) electrons. The van der Waals surface area contributed by atoms with Gasteiger partial charge in [-0.2, -0.15) is 9.83 Å². The van der Waals surface area contributed by atoms with Crippen molar-refractivity contribution in [1.29, 1.82) is 5.26 Å². The first-order valence-corrected chi connectivity index (χ1v) is 6.68. The molecule has 21 heavy (non-hydrogen) atoms. The van der Waals surface area contributed by atoms with E-state index in [9.17, 15) is 4.79 Å². The molecule has 3 aromatic rings. The average Bonchev–Trinajstić information content (AvgIpc) is 2.55.